The lowest BCUT2D eigenvalue weighted by Crippen LogP contribution is -2.15. The number of hydrogen-bond donors (Lipinski definition) is 2. The van der Waals surface area contributed by atoms with Crippen LogP contribution in [0, 0.1) is 0 Å². The minimum absolute atomic E-state index is 0.0362. The molecule has 0 unspecified atom stereocenters. The third kappa shape index (κ3) is 3.40. The number of carbonyl (C=O) groups is 1. The first kappa shape index (κ1) is 16.8. The second kappa shape index (κ2) is 7.21. The summed E-state index contributed by atoms with van der Waals surface area (Å²) < 4.78 is 5.45. The van der Waals surface area contributed by atoms with Crippen molar-refractivity contribution in [3.8, 4) is 0 Å². The number of anilines is 2. The van der Waals surface area contributed by atoms with E-state index in [1.54, 1.807) is 36.4 Å². The summed E-state index contributed by atoms with van der Waals surface area (Å²) in [6.45, 7) is 5.45. The van der Waals surface area contributed by atoms with Crippen LogP contribution < -0.4 is 16.3 Å². The molecule has 0 bridgehead atoms. The van der Waals surface area contributed by atoms with E-state index in [-0.39, 0.29) is 11.3 Å². The summed E-state index contributed by atoms with van der Waals surface area (Å²) in [5.41, 5.74) is 2.00. The monoisotopic (exact) mass is 336 g/mol. The molecule has 0 atom stereocenters. The molecule has 0 aliphatic heterocycles. The second-order valence-electron chi connectivity index (χ2n) is 5.64. The number of hydrogen-bond acceptors (Lipinski definition) is 5. The molecule has 0 spiro atoms. The van der Waals surface area contributed by atoms with Crippen molar-refractivity contribution < 1.29 is 9.21 Å². The predicted molar refractivity (Wildman–Crippen MR) is 101 cm³/mol. The normalized spacial score (nSPS) is 10.6. The van der Waals surface area contributed by atoms with Crippen LogP contribution in [0.1, 0.15) is 29.8 Å². The van der Waals surface area contributed by atoms with Crippen molar-refractivity contribution in [1.29, 1.82) is 0 Å². The van der Waals surface area contributed by atoms with Crippen LogP contribution in [0.25, 0.3) is 11.0 Å². The summed E-state index contributed by atoms with van der Waals surface area (Å²) in [5.74, 6) is -0.338. The van der Waals surface area contributed by atoms with Crippen LogP contribution in [0.15, 0.2) is 57.7 Å². The Kier molecular flexibility index (Phi) is 4.84. The van der Waals surface area contributed by atoms with Crippen LogP contribution in [0.3, 0.4) is 0 Å². The molecule has 2 N–H and O–H groups in total. The molecule has 3 aromatic rings. The summed E-state index contributed by atoms with van der Waals surface area (Å²) in [7, 11) is 0. The molecule has 0 saturated carbocycles. The number of benzene rings is 2. The minimum atomic E-state index is -0.627. The highest BCUT2D eigenvalue weighted by atomic mass is 16.4. The number of carbonyl (C=O) groups excluding carboxylic acids is 1. The smallest absolute Gasteiger partial charge is 0.347 e. The Hall–Kier alpha value is -3.08. The number of ketones is 1. The average Bonchev–Trinajstić information content (AvgIpc) is 2.62. The highest BCUT2D eigenvalue weighted by Gasteiger charge is 2.17. The van der Waals surface area contributed by atoms with E-state index >= 15 is 0 Å². The van der Waals surface area contributed by atoms with Crippen LogP contribution in [-0.2, 0) is 0 Å². The SMILES string of the molecule is CCNc1cc(NCC)c2cc(C(=O)c3ccccc3)c(=O)oc2c1. The van der Waals surface area contributed by atoms with Gasteiger partial charge in [-0.3, -0.25) is 4.79 Å². The summed E-state index contributed by atoms with van der Waals surface area (Å²) in [4.78, 5) is 25.0. The topological polar surface area (TPSA) is 71.3 Å². The van der Waals surface area contributed by atoms with Gasteiger partial charge in [-0.25, -0.2) is 4.79 Å². The summed E-state index contributed by atoms with van der Waals surface area (Å²) >= 11 is 0. The fraction of sp³-hybridized carbons (Fsp3) is 0.200. The van der Waals surface area contributed by atoms with Crippen LogP contribution in [0.4, 0.5) is 11.4 Å². The molecule has 0 aliphatic carbocycles. The Morgan fingerprint density at radius 3 is 2.40 bits per heavy atom. The van der Waals surface area contributed by atoms with Gasteiger partial charge in [-0.1, -0.05) is 30.3 Å². The molecule has 3 rings (SSSR count). The molecule has 0 saturated heterocycles. The summed E-state index contributed by atoms with van der Waals surface area (Å²) in [6.07, 6.45) is 0. The Morgan fingerprint density at radius 2 is 1.72 bits per heavy atom. The Labute approximate surface area is 145 Å². The van der Waals surface area contributed by atoms with Crippen molar-refractivity contribution >= 4 is 28.1 Å². The Balaban J connectivity index is 2.17. The van der Waals surface area contributed by atoms with Gasteiger partial charge in [-0.2, -0.15) is 0 Å². The zero-order valence-corrected chi connectivity index (χ0v) is 14.3. The maximum absolute atomic E-state index is 12.7. The average molecular weight is 336 g/mol. The highest BCUT2D eigenvalue weighted by Crippen LogP contribution is 2.28. The molecule has 2 aromatic carbocycles. The molecule has 0 aliphatic rings. The molecular formula is C20H20N2O3. The van der Waals surface area contributed by atoms with E-state index in [0.717, 1.165) is 17.9 Å². The molecule has 1 aromatic heterocycles. The lowest BCUT2D eigenvalue weighted by molar-refractivity contribution is 0.103. The van der Waals surface area contributed by atoms with Crippen LogP contribution >= 0.6 is 0 Å². The third-order valence-corrected chi connectivity index (χ3v) is 3.88. The van der Waals surface area contributed by atoms with Gasteiger partial charge in [0.2, 0.25) is 0 Å². The quantitative estimate of drug-likeness (QED) is 0.528. The van der Waals surface area contributed by atoms with Crippen LogP contribution in [0.5, 0.6) is 0 Å². The molecular weight excluding hydrogens is 316 g/mol. The van der Waals surface area contributed by atoms with Crippen LogP contribution in [-0.4, -0.2) is 18.9 Å². The van der Waals surface area contributed by atoms with E-state index in [1.807, 2.05) is 26.0 Å². The number of fused-ring (bicyclic) bond motifs is 1. The lowest BCUT2D eigenvalue weighted by Gasteiger charge is -2.12. The zero-order chi connectivity index (χ0) is 17.8. The van der Waals surface area contributed by atoms with Crippen LogP contribution in [0.2, 0.25) is 0 Å². The Morgan fingerprint density at radius 1 is 1.00 bits per heavy atom. The molecule has 0 amide bonds. The molecule has 128 valence electrons. The van der Waals surface area contributed by atoms with E-state index in [0.29, 0.717) is 23.1 Å². The van der Waals surface area contributed by atoms with Crippen molar-refractivity contribution in [3.05, 3.63) is 70.1 Å². The fourth-order valence-electron chi connectivity index (χ4n) is 2.76. The first-order chi connectivity index (χ1) is 12.1. The van der Waals surface area contributed by atoms with Gasteiger partial charge in [0, 0.05) is 41.5 Å². The van der Waals surface area contributed by atoms with E-state index in [4.69, 9.17) is 4.42 Å². The van der Waals surface area contributed by atoms with Crippen molar-refractivity contribution in [2.24, 2.45) is 0 Å². The van der Waals surface area contributed by atoms with Gasteiger partial charge in [0.25, 0.3) is 0 Å². The first-order valence-electron chi connectivity index (χ1n) is 8.33. The second-order valence-corrected chi connectivity index (χ2v) is 5.64. The molecule has 5 heteroatoms. The number of rotatable bonds is 6. The third-order valence-electron chi connectivity index (χ3n) is 3.88. The van der Waals surface area contributed by atoms with Gasteiger partial charge in [-0.05, 0) is 26.0 Å². The summed E-state index contributed by atoms with van der Waals surface area (Å²) in [5, 5.41) is 7.18. The lowest BCUT2D eigenvalue weighted by atomic mass is 10.0. The maximum Gasteiger partial charge on any atom is 0.347 e. The molecule has 0 fully saturated rings. The van der Waals surface area contributed by atoms with E-state index in [9.17, 15) is 9.59 Å². The van der Waals surface area contributed by atoms with Gasteiger partial charge in [-0.15, -0.1) is 0 Å². The Bertz CT molecular complexity index is 962. The summed E-state index contributed by atoms with van der Waals surface area (Å²) in [6, 6.07) is 14.1. The van der Waals surface area contributed by atoms with Crippen molar-refractivity contribution in [3.63, 3.8) is 0 Å². The van der Waals surface area contributed by atoms with Gasteiger partial charge in [0.05, 0.1) is 0 Å². The van der Waals surface area contributed by atoms with Gasteiger partial charge in [0.15, 0.2) is 5.78 Å². The molecule has 1 heterocycles. The predicted octanol–water partition coefficient (Wildman–Crippen LogP) is 3.89. The van der Waals surface area contributed by atoms with Crippen molar-refractivity contribution in [1.82, 2.24) is 0 Å². The van der Waals surface area contributed by atoms with Gasteiger partial charge < -0.3 is 15.1 Å². The van der Waals surface area contributed by atoms with E-state index in [1.165, 1.54) is 0 Å². The molecule has 5 nitrogen and oxygen atoms in total. The first-order valence-corrected chi connectivity index (χ1v) is 8.33. The van der Waals surface area contributed by atoms with Gasteiger partial charge in [0.1, 0.15) is 11.1 Å². The maximum atomic E-state index is 12.7. The largest absolute Gasteiger partial charge is 0.422 e. The van der Waals surface area contributed by atoms with Crippen molar-refractivity contribution in [2.75, 3.05) is 23.7 Å². The minimum Gasteiger partial charge on any atom is -0.422 e. The van der Waals surface area contributed by atoms with E-state index in [2.05, 4.69) is 10.6 Å². The van der Waals surface area contributed by atoms with E-state index < -0.39 is 5.63 Å². The number of nitrogens with one attached hydrogen (secondary N) is 2. The molecule has 0 radical (unpaired) electrons. The molecule has 25 heavy (non-hydrogen) atoms. The van der Waals surface area contributed by atoms with Gasteiger partial charge >= 0.3 is 5.63 Å². The standard InChI is InChI=1S/C20H20N2O3/c1-3-21-14-10-17(22-4-2)15-12-16(20(24)25-18(15)11-14)19(23)13-8-6-5-7-9-13/h5-12,21-22H,3-4H2,1-2H3. The zero-order valence-electron chi connectivity index (χ0n) is 14.3. The fourth-order valence-corrected chi connectivity index (χ4v) is 2.76. The van der Waals surface area contributed by atoms with Crippen molar-refractivity contribution in [2.45, 2.75) is 13.8 Å². The highest BCUT2D eigenvalue weighted by molar-refractivity contribution is 6.10.